The molecule has 1 aliphatic rings. The molecule has 2 heterocycles. The molecule has 0 unspecified atom stereocenters. The summed E-state index contributed by atoms with van der Waals surface area (Å²) in [6.07, 6.45) is 3.71. The molecule has 1 aromatic heterocycles. The number of allylic oxidation sites excluding steroid dienone is 1. The quantitative estimate of drug-likeness (QED) is 0.429. The SMILES string of the molecule is N#CC(=Cc1ccc(N2CCCC2)c([N+](=O)[O-])c1)c1nc2ccccc2[nH]1. The van der Waals surface area contributed by atoms with Gasteiger partial charge in [0.15, 0.2) is 0 Å². The van der Waals surface area contributed by atoms with Crippen molar-refractivity contribution in [3.8, 4) is 6.07 Å². The topological polar surface area (TPSA) is 98.8 Å². The third-order valence-corrected chi connectivity index (χ3v) is 4.72. The Balaban J connectivity index is 1.74. The number of nitriles is 1. The molecule has 134 valence electrons. The van der Waals surface area contributed by atoms with Crippen molar-refractivity contribution in [1.29, 1.82) is 5.26 Å². The maximum Gasteiger partial charge on any atom is 0.293 e. The monoisotopic (exact) mass is 359 g/mol. The van der Waals surface area contributed by atoms with Crippen LogP contribution in [0.1, 0.15) is 24.2 Å². The van der Waals surface area contributed by atoms with Gasteiger partial charge in [0.1, 0.15) is 17.6 Å². The molecule has 7 nitrogen and oxygen atoms in total. The summed E-state index contributed by atoms with van der Waals surface area (Å²) in [5.41, 5.74) is 3.23. The van der Waals surface area contributed by atoms with Crippen molar-refractivity contribution in [2.45, 2.75) is 12.8 Å². The van der Waals surface area contributed by atoms with Gasteiger partial charge in [-0.25, -0.2) is 4.98 Å². The summed E-state index contributed by atoms with van der Waals surface area (Å²) in [4.78, 5) is 20.8. The molecule has 0 bridgehead atoms. The van der Waals surface area contributed by atoms with Gasteiger partial charge in [-0.05, 0) is 42.7 Å². The van der Waals surface area contributed by atoms with Gasteiger partial charge < -0.3 is 9.88 Å². The number of hydrogen-bond acceptors (Lipinski definition) is 5. The number of para-hydroxylation sites is 2. The van der Waals surface area contributed by atoms with E-state index in [1.807, 2.05) is 29.2 Å². The number of rotatable bonds is 4. The van der Waals surface area contributed by atoms with Crippen molar-refractivity contribution in [2.75, 3.05) is 18.0 Å². The van der Waals surface area contributed by atoms with E-state index in [1.54, 1.807) is 18.2 Å². The average Bonchev–Trinajstić information content (AvgIpc) is 3.35. The van der Waals surface area contributed by atoms with Crippen LogP contribution < -0.4 is 4.90 Å². The molecular formula is C20H17N5O2. The molecule has 0 amide bonds. The Kier molecular flexibility index (Phi) is 4.30. The van der Waals surface area contributed by atoms with Crippen molar-refractivity contribution >= 4 is 34.1 Å². The Hall–Kier alpha value is -3.66. The van der Waals surface area contributed by atoms with Gasteiger partial charge in [0.25, 0.3) is 5.69 Å². The van der Waals surface area contributed by atoms with Crippen molar-refractivity contribution in [1.82, 2.24) is 9.97 Å². The zero-order valence-corrected chi connectivity index (χ0v) is 14.6. The third-order valence-electron chi connectivity index (χ3n) is 4.72. The van der Waals surface area contributed by atoms with Gasteiger partial charge in [0, 0.05) is 19.2 Å². The normalized spacial score (nSPS) is 14.5. The molecule has 7 heteroatoms. The van der Waals surface area contributed by atoms with Crippen LogP contribution in [0.25, 0.3) is 22.7 Å². The van der Waals surface area contributed by atoms with Gasteiger partial charge in [-0.3, -0.25) is 10.1 Å². The predicted octanol–water partition coefficient (Wildman–Crippen LogP) is 4.14. The first-order valence-corrected chi connectivity index (χ1v) is 8.76. The molecule has 0 radical (unpaired) electrons. The minimum Gasteiger partial charge on any atom is -0.366 e. The molecular weight excluding hydrogens is 342 g/mol. The first-order valence-electron chi connectivity index (χ1n) is 8.76. The smallest absolute Gasteiger partial charge is 0.293 e. The van der Waals surface area contributed by atoms with Crippen molar-refractivity contribution in [3.63, 3.8) is 0 Å². The van der Waals surface area contributed by atoms with Crippen LogP contribution in [0, 0.1) is 21.4 Å². The molecule has 0 atom stereocenters. The number of hydrogen-bond donors (Lipinski definition) is 1. The fraction of sp³-hybridized carbons (Fsp3) is 0.200. The molecule has 0 saturated carbocycles. The number of fused-ring (bicyclic) bond motifs is 1. The summed E-state index contributed by atoms with van der Waals surface area (Å²) in [6.45, 7) is 1.66. The van der Waals surface area contributed by atoms with Gasteiger partial charge in [0.2, 0.25) is 0 Å². The molecule has 1 aliphatic heterocycles. The molecule has 1 saturated heterocycles. The van der Waals surface area contributed by atoms with Crippen LogP contribution in [0.4, 0.5) is 11.4 Å². The lowest BCUT2D eigenvalue weighted by atomic mass is 10.1. The van der Waals surface area contributed by atoms with Crippen LogP contribution in [0.15, 0.2) is 42.5 Å². The molecule has 4 rings (SSSR count). The largest absolute Gasteiger partial charge is 0.366 e. The zero-order valence-electron chi connectivity index (χ0n) is 14.6. The van der Waals surface area contributed by atoms with Gasteiger partial charge in [0.05, 0.1) is 21.5 Å². The number of H-pyrrole nitrogens is 1. The van der Waals surface area contributed by atoms with Gasteiger partial charge in [-0.2, -0.15) is 5.26 Å². The Morgan fingerprint density at radius 2 is 2.04 bits per heavy atom. The second-order valence-corrected chi connectivity index (χ2v) is 6.47. The second kappa shape index (κ2) is 6.92. The van der Waals surface area contributed by atoms with Crippen LogP contribution >= 0.6 is 0 Å². The fourth-order valence-electron chi connectivity index (χ4n) is 3.40. The van der Waals surface area contributed by atoms with E-state index < -0.39 is 0 Å². The average molecular weight is 359 g/mol. The molecule has 1 fully saturated rings. The number of nitrogens with one attached hydrogen (secondary N) is 1. The molecule has 1 N–H and O–H groups in total. The number of aromatic amines is 1. The Morgan fingerprint density at radius 1 is 1.26 bits per heavy atom. The highest BCUT2D eigenvalue weighted by Gasteiger charge is 2.22. The van der Waals surface area contributed by atoms with Crippen molar-refractivity contribution in [2.24, 2.45) is 0 Å². The lowest BCUT2D eigenvalue weighted by Crippen LogP contribution is -2.18. The van der Waals surface area contributed by atoms with Crippen LogP contribution in [0.5, 0.6) is 0 Å². The van der Waals surface area contributed by atoms with E-state index in [1.165, 1.54) is 6.07 Å². The van der Waals surface area contributed by atoms with E-state index in [4.69, 9.17) is 0 Å². The van der Waals surface area contributed by atoms with E-state index in [-0.39, 0.29) is 10.6 Å². The number of benzene rings is 2. The van der Waals surface area contributed by atoms with Crippen LogP contribution in [0.3, 0.4) is 0 Å². The van der Waals surface area contributed by atoms with Crippen LogP contribution in [-0.2, 0) is 0 Å². The minimum absolute atomic E-state index is 0.0625. The first-order chi connectivity index (χ1) is 13.2. The van der Waals surface area contributed by atoms with Gasteiger partial charge in [-0.1, -0.05) is 18.2 Å². The standard InChI is InChI=1S/C20H17N5O2/c21-13-15(20-22-16-5-1-2-6-17(16)23-20)11-14-7-8-18(19(12-14)25(26)27)24-9-3-4-10-24/h1-2,5-8,11-12H,3-4,9-10H2,(H,22,23). The van der Waals surface area contributed by atoms with E-state index in [2.05, 4.69) is 16.0 Å². The summed E-state index contributed by atoms with van der Waals surface area (Å²) in [6, 6.07) is 14.7. The molecule has 0 spiro atoms. The molecule has 27 heavy (non-hydrogen) atoms. The maximum atomic E-state index is 11.5. The number of imidazole rings is 1. The van der Waals surface area contributed by atoms with Crippen LogP contribution in [-0.4, -0.2) is 28.0 Å². The second-order valence-electron chi connectivity index (χ2n) is 6.47. The van der Waals surface area contributed by atoms with E-state index in [0.717, 1.165) is 37.0 Å². The summed E-state index contributed by atoms with van der Waals surface area (Å²) >= 11 is 0. The Bertz CT molecular complexity index is 1050. The van der Waals surface area contributed by atoms with Crippen LogP contribution in [0.2, 0.25) is 0 Å². The summed E-state index contributed by atoms with van der Waals surface area (Å²) in [5.74, 6) is 0.449. The highest BCUT2D eigenvalue weighted by molar-refractivity contribution is 5.90. The van der Waals surface area contributed by atoms with Gasteiger partial charge >= 0.3 is 0 Å². The summed E-state index contributed by atoms with van der Waals surface area (Å²) in [7, 11) is 0. The van der Waals surface area contributed by atoms with Crippen molar-refractivity contribution < 1.29 is 4.92 Å². The van der Waals surface area contributed by atoms with E-state index in [9.17, 15) is 15.4 Å². The Labute approximate surface area is 155 Å². The predicted molar refractivity (Wildman–Crippen MR) is 104 cm³/mol. The summed E-state index contributed by atoms with van der Waals surface area (Å²) in [5, 5.41) is 21.1. The number of aromatic nitrogens is 2. The van der Waals surface area contributed by atoms with Gasteiger partial charge in [-0.15, -0.1) is 0 Å². The molecule has 3 aromatic rings. The lowest BCUT2D eigenvalue weighted by Gasteiger charge is -2.17. The molecule has 2 aromatic carbocycles. The van der Waals surface area contributed by atoms with Crippen molar-refractivity contribution in [3.05, 3.63) is 64.0 Å². The highest BCUT2D eigenvalue weighted by atomic mass is 16.6. The number of nitro groups is 1. The lowest BCUT2D eigenvalue weighted by molar-refractivity contribution is -0.384. The minimum atomic E-state index is -0.363. The number of anilines is 1. The van der Waals surface area contributed by atoms with E-state index in [0.29, 0.717) is 22.6 Å². The third kappa shape index (κ3) is 3.25. The fourth-order valence-corrected chi connectivity index (χ4v) is 3.40. The highest BCUT2D eigenvalue weighted by Crippen LogP contribution is 2.32. The summed E-state index contributed by atoms with van der Waals surface area (Å²) < 4.78 is 0. The first kappa shape index (κ1) is 16.8. The van der Waals surface area contributed by atoms with E-state index >= 15 is 0 Å². The zero-order chi connectivity index (χ0) is 18.8. The molecule has 0 aliphatic carbocycles. The number of nitrogens with zero attached hydrogens (tertiary/aromatic N) is 4. The maximum absolute atomic E-state index is 11.5. The Morgan fingerprint density at radius 3 is 2.74 bits per heavy atom. The number of nitro benzene ring substituents is 1.